The Balaban J connectivity index is 1.44. The molecule has 0 saturated heterocycles. The average molecular weight is 529 g/mol. The first-order valence-electron chi connectivity index (χ1n) is 13.4. The van der Waals surface area contributed by atoms with Crippen LogP contribution >= 0.6 is 23.0 Å². The molecule has 1 nitrogen and oxygen atoms in total. The van der Waals surface area contributed by atoms with Crippen molar-refractivity contribution in [3.63, 3.8) is 0 Å². The molecule has 0 heterocycles. The van der Waals surface area contributed by atoms with Crippen molar-refractivity contribution in [3.8, 4) is 0 Å². The molecule has 0 radical (unpaired) electrons. The summed E-state index contributed by atoms with van der Waals surface area (Å²) in [7, 11) is 0. The predicted octanol–water partition coefficient (Wildman–Crippen LogP) is 9.23. The Labute approximate surface area is 201 Å². The highest BCUT2D eigenvalue weighted by Gasteiger charge is 2.60. The fraction of sp³-hybridized carbons (Fsp3) is 1.00. The maximum Gasteiger partial charge on any atom is 0.110 e. The summed E-state index contributed by atoms with van der Waals surface area (Å²) in [5.74, 6) is 5.86. The van der Waals surface area contributed by atoms with E-state index in [-0.39, 0.29) is 0 Å². The Morgan fingerprint density at radius 3 is 2.33 bits per heavy atom. The molecule has 4 fully saturated rings. The maximum absolute atomic E-state index is 5.77. The Morgan fingerprint density at radius 1 is 0.933 bits per heavy atom. The van der Waals surface area contributed by atoms with Gasteiger partial charge in [0.05, 0.1) is 6.10 Å². The van der Waals surface area contributed by atoms with E-state index in [1.807, 2.05) is 0 Å². The smallest absolute Gasteiger partial charge is 0.110 e. The van der Waals surface area contributed by atoms with Gasteiger partial charge >= 0.3 is 0 Å². The van der Waals surface area contributed by atoms with Crippen LogP contribution in [0.25, 0.3) is 0 Å². The van der Waals surface area contributed by atoms with Gasteiger partial charge in [-0.2, -0.15) is 0 Å². The molecule has 0 aromatic carbocycles. The molecule has 4 rings (SSSR count). The second kappa shape index (κ2) is 8.80. The quantitative estimate of drug-likeness (QED) is 0.323. The molecule has 0 spiro atoms. The topological polar surface area (TPSA) is 9.23 Å². The molecule has 0 aromatic heterocycles. The van der Waals surface area contributed by atoms with E-state index in [0.717, 1.165) is 35.5 Å². The first-order valence-corrected chi connectivity index (χ1v) is 14.2. The lowest BCUT2D eigenvalue weighted by molar-refractivity contribution is -0.124. The Morgan fingerprint density at radius 2 is 1.63 bits per heavy atom. The van der Waals surface area contributed by atoms with Crippen LogP contribution in [0.3, 0.4) is 0 Å². The molecule has 4 saturated carbocycles. The third kappa shape index (κ3) is 4.28. The van der Waals surface area contributed by atoms with Crippen LogP contribution in [0.5, 0.6) is 0 Å². The van der Waals surface area contributed by atoms with Crippen molar-refractivity contribution in [3.05, 3.63) is 0 Å². The highest BCUT2D eigenvalue weighted by molar-refractivity contribution is 14.1. The first kappa shape index (κ1) is 23.8. The number of halogens is 1. The summed E-state index contributed by atoms with van der Waals surface area (Å²) < 4.78 is 5.77. The normalized spacial score (nSPS) is 47.3. The molecule has 4 aliphatic carbocycles. The minimum absolute atomic E-state index is 0.495. The van der Waals surface area contributed by atoms with Crippen LogP contribution in [0.1, 0.15) is 119 Å². The standard InChI is InChI=1S/C28H49IO/c1-19(8-7-15-26(2,3)4)23-11-12-24-22-10-9-20-18-21(30-29)13-16-27(20,5)25(22)14-17-28(23,24)6/h19-25H,7-18H2,1-6H3/t19-,20+,21+,22+,23-,24+,25+,27+,28-/m1/s1. The predicted molar refractivity (Wildman–Crippen MR) is 137 cm³/mol. The van der Waals surface area contributed by atoms with Gasteiger partial charge in [0.2, 0.25) is 0 Å². The van der Waals surface area contributed by atoms with Gasteiger partial charge in [0.25, 0.3) is 0 Å². The number of hydrogen-bond donors (Lipinski definition) is 0. The molecule has 0 N–H and O–H groups in total. The summed E-state index contributed by atoms with van der Waals surface area (Å²) in [5.41, 5.74) is 1.73. The summed E-state index contributed by atoms with van der Waals surface area (Å²) >= 11 is 2.16. The van der Waals surface area contributed by atoms with Gasteiger partial charge in [0, 0.05) is 0 Å². The fourth-order valence-corrected chi connectivity index (χ4v) is 9.89. The zero-order valence-corrected chi connectivity index (χ0v) is 23.0. The lowest BCUT2D eigenvalue weighted by Gasteiger charge is -2.61. The van der Waals surface area contributed by atoms with Crippen LogP contribution in [0, 0.1) is 51.8 Å². The molecular formula is C28H49IO. The molecule has 9 atom stereocenters. The SMILES string of the molecule is C[C@H](CCCC(C)(C)C)[C@H]1CC[C@H]2[C@@H]3CC[C@H]4C[C@@H](OI)CC[C@]4(C)[C@H]3CC[C@]12C. The van der Waals surface area contributed by atoms with Crippen LogP contribution in [0.2, 0.25) is 0 Å². The molecule has 2 heteroatoms. The van der Waals surface area contributed by atoms with Crippen molar-refractivity contribution >= 4 is 23.0 Å². The Bertz CT molecular complexity index is 596. The van der Waals surface area contributed by atoms with Crippen LogP contribution in [0.4, 0.5) is 0 Å². The van der Waals surface area contributed by atoms with E-state index in [9.17, 15) is 0 Å². The Hall–Kier alpha value is 0.690. The van der Waals surface area contributed by atoms with E-state index in [1.165, 1.54) is 77.0 Å². The zero-order chi connectivity index (χ0) is 21.7. The van der Waals surface area contributed by atoms with E-state index in [0.29, 0.717) is 22.3 Å². The fourth-order valence-electron chi connectivity index (χ4n) is 9.43. The van der Waals surface area contributed by atoms with Crippen LogP contribution < -0.4 is 0 Å². The molecule has 0 amide bonds. The van der Waals surface area contributed by atoms with Gasteiger partial charge in [-0.25, -0.2) is 0 Å². The van der Waals surface area contributed by atoms with Gasteiger partial charge in [0.1, 0.15) is 23.0 Å². The molecular weight excluding hydrogens is 479 g/mol. The van der Waals surface area contributed by atoms with E-state index in [4.69, 9.17) is 3.07 Å². The van der Waals surface area contributed by atoms with E-state index < -0.39 is 0 Å². The molecule has 0 unspecified atom stereocenters. The summed E-state index contributed by atoms with van der Waals surface area (Å²) in [4.78, 5) is 0. The lowest BCUT2D eigenvalue weighted by Crippen LogP contribution is -2.54. The first-order chi connectivity index (χ1) is 14.1. The largest absolute Gasteiger partial charge is 0.312 e. The minimum atomic E-state index is 0.495. The maximum atomic E-state index is 5.77. The minimum Gasteiger partial charge on any atom is -0.312 e. The number of fused-ring (bicyclic) bond motifs is 5. The molecule has 4 aliphatic rings. The van der Waals surface area contributed by atoms with Crippen molar-refractivity contribution in [2.75, 3.05) is 0 Å². The Kier molecular flexibility index (Phi) is 6.99. The van der Waals surface area contributed by atoms with E-state index in [1.54, 1.807) is 0 Å². The highest BCUT2D eigenvalue weighted by Crippen LogP contribution is 2.68. The monoisotopic (exact) mass is 528 g/mol. The van der Waals surface area contributed by atoms with E-state index in [2.05, 4.69) is 64.5 Å². The van der Waals surface area contributed by atoms with Gasteiger partial charge < -0.3 is 3.07 Å². The summed E-state index contributed by atoms with van der Waals surface area (Å²) in [5, 5.41) is 0. The molecule has 0 bridgehead atoms. The van der Waals surface area contributed by atoms with Gasteiger partial charge in [-0.1, -0.05) is 54.4 Å². The highest BCUT2D eigenvalue weighted by atomic mass is 127. The van der Waals surface area contributed by atoms with Crippen molar-refractivity contribution in [2.45, 2.75) is 125 Å². The third-order valence-corrected chi connectivity index (χ3v) is 11.8. The van der Waals surface area contributed by atoms with Crippen molar-refractivity contribution in [1.82, 2.24) is 0 Å². The van der Waals surface area contributed by atoms with Crippen molar-refractivity contribution < 1.29 is 3.07 Å². The second-order valence-corrected chi connectivity index (χ2v) is 14.3. The van der Waals surface area contributed by atoms with Crippen LogP contribution in [-0.2, 0) is 3.07 Å². The lowest BCUT2D eigenvalue weighted by atomic mass is 9.44. The average Bonchev–Trinajstić information content (AvgIpc) is 3.03. The van der Waals surface area contributed by atoms with Crippen molar-refractivity contribution in [1.29, 1.82) is 0 Å². The third-order valence-electron chi connectivity index (χ3n) is 11.1. The van der Waals surface area contributed by atoms with Crippen LogP contribution in [0.15, 0.2) is 0 Å². The second-order valence-electron chi connectivity index (χ2n) is 13.8. The van der Waals surface area contributed by atoms with Gasteiger partial charge in [-0.3, -0.25) is 0 Å². The summed E-state index contributed by atoms with van der Waals surface area (Å²) in [6.07, 6.45) is 17.9. The molecule has 174 valence electrons. The molecule has 0 aliphatic heterocycles. The molecule has 30 heavy (non-hydrogen) atoms. The van der Waals surface area contributed by atoms with Crippen molar-refractivity contribution in [2.24, 2.45) is 51.8 Å². The number of hydrogen-bond acceptors (Lipinski definition) is 1. The molecule has 0 aromatic rings. The zero-order valence-electron chi connectivity index (χ0n) is 20.8. The van der Waals surface area contributed by atoms with E-state index >= 15 is 0 Å². The van der Waals surface area contributed by atoms with Gasteiger partial charge in [-0.15, -0.1) is 0 Å². The van der Waals surface area contributed by atoms with Gasteiger partial charge in [-0.05, 0) is 116 Å². The summed E-state index contributed by atoms with van der Waals surface area (Å²) in [6.45, 7) is 15.3. The van der Waals surface area contributed by atoms with Gasteiger partial charge in [0.15, 0.2) is 0 Å². The number of rotatable bonds is 5. The van der Waals surface area contributed by atoms with Crippen LogP contribution in [-0.4, -0.2) is 6.10 Å². The summed E-state index contributed by atoms with van der Waals surface area (Å²) in [6, 6.07) is 0.